The molecule has 82 heavy (non-hydrogen) atoms. The van der Waals surface area contributed by atoms with Crippen LogP contribution in [0, 0.1) is 45.3 Å². The summed E-state index contributed by atoms with van der Waals surface area (Å²) in [5.74, 6) is -1.12. The summed E-state index contributed by atoms with van der Waals surface area (Å²) in [6.45, 7) is 13.2. The predicted molar refractivity (Wildman–Crippen MR) is 271 cm³/mol. The van der Waals surface area contributed by atoms with Crippen LogP contribution in [0.3, 0.4) is 0 Å². The van der Waals surface area contributed by atoms with Gasteiger partial charge >= 0.3 is 35.5 Å². The molecule has 10 unspecified atom stereocenters. The van der Waals surface area contributed by atoms with Crippen molar-refractivity contribution in [2.24, 2.45) is 45.3 Å². The number of cyclic esters (lactones) is 1. The molecule has 28 heteroatoms. The minimum Gasteiger partial charge on any atom is -0.726 e. The Hall–Kier alpha value is -1.01. The van der Waals surface area contributed by atoms with Gasteiger partial charge in [-0.25, -0.2) is 8.42 Å². The van der Waals surface area contributed by atoms with Gasteiger partial charge in [-0.1, -0.05) is 53.2 Å². The van der Waals surface area contributed by atoms with Gasteiger partial charge in [0.15, 0.2) is 36.5 Å². The number of fused-ring (bicyclic) bond motifs is 4. The number of esters is 1. The first-order valence-corrected chi connectivity index (χ1v) is 29.7. The van der Waals surface area contributed by atoms with Gasteiger partial charge in [0, 0.05) is 19.4 Å². The summed E-state index contributed by atoms with van der Waals surface area (Å²) in [7, 11) is -4.26. The quantitative estimate of drug-likeness (QED) is 0.0163. The van der Waals surface area contributed by atoms with E-state index in [4.69, 9.17) is 47.4 Å². The molecule has 26 nitrogen and oxygen atoms in total. The van der Waals surface area contributed by atoms with Gasteiger partial charge in [-0.15, -0.1) is 0 Å². The first-order chi connectivity index (χ1) is 37.9. The average molecular weight is 1210 g/mol. The third-order valence-corrected chi connectivity index (χ3v) is 21.0. The molecular weight excluding hydrogens is 1120 g/mol. The molecule has 1 spiro atoms. The van der Waals surface area contributed by atoms with Gasteiger partial charge in [-0.3, -0.25) is 13.8 Å². The molecule has 4 aliphatic carbocycles. The van der Waals surface area contributed by atoms with Crippen molar-refractivity contribution in [1.82, 2.24) is 0 Å². The number of aliphatic hydroxyl groups is 10. The molecule has 0 amide bonds. The SMILES string of the molecule is CO[C@H]1C(O)[C@H](O[C@H]2C(O)[C@H](O[C@@H]3C(C)O[C@@H](OC4[C@H](O[C@H]5CC[C@]6(C)C7=C[C@H](O)C89C(=O)O[C@@](C)(C(=O)CCC(C)C)[C@H]8CC[C@@]9(C)C7CCC6C5(C)C)OC[C@@H](OS(=O)(=O)[O-])[C@H]4O)C(O)[C@@H]3O)OC(CO)[C@H]2O)OC(CO)[C@H]1O.[Na+]. The number of Topliss-reactive ketones (excluding diaryl/α,β-unsaturated/α-hetero) is 1. The molecule has 0 radical (unpaired) electrons. The van der Waals surface area contributed by atoms with Crippen LogP contribution >= 0.6 is 0 Å². The molecule has 10 N–H and O–H groups in total. The van der Waals surface area contributed by atoms with Crippen LogP contribution in [-0.2, 0) is 71.5 Å². The summed E-state index contributed by atoms with van der Waals surface area (Å²) in [6.07, 6.45) is -28.2. The molecular formula is C54H85NaO26S. The van der Waals surface area contributed by atoms with Crippen LogP contribution in [0.2, 0.25) is 0 Å². The van der Waals surface area contributed by atoms with Gasteiger partial charge in [0.05, 0.1) is 38.1 Å². The molecule has 464 valence electrons. The number of rotatable bonds is 17. The Morgan fingerprint density at radius 3 is 1.90 bits per heavy atom. The van der Waals surface area contributed by atoms with Crippen molar-refractivity contribution >= 4 is 22.2 Å². The van der Waals surface area contributed by atoms with Gasteiger partial charge in [-0.05, 0) is 92.8 Å². The monoisotopic (exact) mass is 1200 g/mol. The Bertz CT molecular complexity index is 2420. The van der Waals surface area contributed by atoms with E-state index in [9.17, 15) is 73.6 Å². The minimum atomic E-state index is -5.44. The Kier molecular flexibility index (Phi) is 20.2. The summed E-state index contributed by atoms with van der Waals surface area (Å²) in [5, 5.41) is 112. The van der Waals surface area contributed by atoms with E-state index in [0.717, 1.165) is 5.57 Å². The van der Waals surface area contributed by atoms with E-state index >= 15 is 0 Å². The van der Waals surface area contributed by atoms with Gasteiger partial charge in [0.2, 0.25) is 10.4 Å². The maximum Gasteiger partial charge on any atom is 1.00 e. The molecule has 0 aromatic rings. The number of methoxy groups -OCH3 is 1. The second-order valence-corrected chi connectivity index (χ2v) is 26.7. The largest absolute Gasteiger partial charge is 1.00 e. The predicted octanol–water partition coefficient (Wildman–Crippen LogP) is -4.67. The summed E-state index contributed by atoms with van der Waals surface area (Å²) in [5.41, 5.74) is -3.59. The number of hydrogen-bond donors (Lipinski definition) is 10. The van der Waals surface area contributed by atoms with Crippen molar-refractivity contribution in [3.8, 4) is 0 Å². The van der Waals surface area contributed by atoms with E-state index in [1.807, 2.05) is 33.8 Å². The fourth-order valence-corrected chi connectivity index (χ4v) is 16.6. The first kappa shape index (κ1) is 66.9. The number of carbonyl (C=O) groups is 2. The molecule has 28 atom stereocenters. The van der Waals surface area contributed by atoms with Crippen LogP contribution in [0.1, 0.15) is 107 Å². The summed E-state index contributed by atoms with van der Waals surface area (Å²) in [4.78, 5) is 28.4. The van der Waals surface area contributed by atoms with Gasteiger partial charge < -0.3 is 103 Å². The molecule has 9 aliphatic rings. The molecule has 5 saturated heterocycles. The Morgan fingerprint density at radius 2 is 1.30 bits per heavy atom. The zero-order valence-corrected chi connectivity index (χ0v) is 51.0. The van der Waals surface area contributed by atoms with Crippen LogP contribution in [0.15, 0.2) is 11.6 Å². The van der Waals surface area contributed by atoms with Crippen molar-refractivity contribution in [3.63, 3.8) is 0 Å². The normalized spacial score (nSPS) is 50.1. The van der Waals surface area contributed by atoms with E-state index in [-0.39, 0.29) is 59.5 Å². The Balaban J connectivity index is 0.00000880. The van der Waals surface area contributed by atoms with E-state index in [2.05, 4.69) is 18.0 Å². The van der Waals surface area contributed by atoms with Crippen LogP contribution in [0.4, 0.5) is 0 Å². The van der Waals surface area contributed by atoms with E-state index < -0.39 is 198 Å². The third-order valence-electron chi connectivity index (χ3n) is 20.5. The van der Waals surface area contributed by atoms with Gasteiger partial charge in [0.1, 0.15) is 90.9 Å². The Morgan fingerprint density at radius 1 is 0.720 bits per heavy atom. The number of ketones is 1. The Labute approximate surface area is 499 Å². The molecule has 9 rings (SSSR count). The number of ether oxygens (including phenoxy) is 10. The molecule has 5 aliphatic heterocycles. The minimum absolute atomic E-state index is 0. The average Bonchev–Trinajstić information content (AvgIpc) is 1.45. The van der Waals surface area contributed by atoms with Crippen molar-refractivity contribution in [3.05, 3.63) is 11.6 Å². The molecule has 0 bridgehead atoms. The number of carbonyl (C=O) groups excluding carboxylic acids is 2. The van der Waals surface area contributed by atoms with E-state index in [1.165, 1.54) is 14.0 Å². The first-order valence-electron chi connectivity index (χ1n) is 28.4. The third kappa shape index (κ3) is 11.2. The standard InChI is InChI=1S/C54H86O26S.Na/c1-22(2)10-13-31(57)53(8)30-14-17-52(7)24-11-12-29-50(4,5)33(15-16-51(29,6)25(24)18-32(58)54(30,52)49(66)79-53)75-48-44(36(61)28(21-71-48)80-81(67,68)69)78-45-38(63)37(62)41(23(3)72-45)76-47-40(65)43(35(60)27(20-56)74-47)77-46-39(64)42(70-9)34(59)26(19-55)73-46;/h18,22-24,26-30,32-48,55-56,58-65H,10-17,19-21H2,1-9H3,(H,67,68,69);/q;+1/p-1/t23?,24?,26?,27?,28-,29?,30-,32+,33+,34-,35-,36-,37+,38?,39?,40?,41-,42-,43-,44?,45+,46+,47+,48+,51-,52+,53-,54?;/m1./s1. The second kappa shape index (κ2) is 24.8. The fourth-order valence-electron chi connectivity index (χ4n) is 16.2. The smallest absolute Gasteiger partial charge is 0.726 e. The molecule has 8 fully saturated rings. The van der Waals surface area contributed by atoms with Gasteiger partial charge in [-0.2, -0.15) is 0 Å². The topological polar surface area (TPSA) is 395 Å². The zero-order chi connectivity index (χ0) is 59.4. The molecule has 0 aromatic carbocycles. The van der Waals surface area contributed by atoms with E-state index in [1.54, 1.807) is 6.92 Å². The summed E-state index contributed by atoms with van der Waals surface area (Å²) >= 11 is 0. The maximum absolute atomic E-state index is 14.4. The van der Waals surface area contributed by atoms with Crippen molar-refractivity contribution in [1.29, 1.82) is 0 Å². The van der Waals surface area contributed by atoms with Crippen molar-refractivity contribution in [2.75, 3.05) is 26.9 Å². The van der Waals surface area contributed by atoms with E-state index in [0.29, 0.717) is 44.9 Å². The number of hydrogen-bond acceptors (Lipinski definition) is 26. The number of allylic oxidation sites excluding steroid dienone is 1. The van der Waals surface area contributed by atoms with Crippen LogP contribution < -0.4 is 29.6 Å². The van der Waals surface area contributed by atoms with Crippen LogP contribution in [0.25, 0.3) is 0 Å². The van der Waals surface area contributed by atoms with Crippen molar-refractivity contribution < 1.29 is 155 Å². The number of aliphatic hydroxyl groups excluding tert-OH is 10. The van der Waals surface area contributed by atoms with Crippen molar-refractivity contribution in [2.45, 2.75) is 241 Å². The molecule has 3 saturated carbocycles. The molecule has 0 aromatic heterocycles. The van der Waals surface area contributed by atoms with Crippen LogP contribution in [0.5, 0.6) is 0 Å². The second-order valence-electron chi connectivity index (χ2n) is 25.7. The molecule has 5 heterocycles. The maximum atomic E-state index is 14.4. The summed E-state index contributed by atoms with van der Waals surface area (Å²) in [6, 6.07) is 0. The van der Waals surface area contributed by atoms with Crippen LogP contribution in [-0.4, -0.2) is 237 Å². The fraction of sp³-hybridized carbons (Fsp3) is 0.926. The summed E-state index contributed by atoms with van der Waals surface area (Å²) < 4.78 is 99.6. The van der Waals surface area contributed by atoms with Gasteiger partial charge in [0.25, 0.3) is 0 Å². The zero-order valence-electron chi connectivity index (χ0n) is 48.2.